The standard InChI is InChI=1S/C16H14F2N6O4S/c17-14(18)7-2-1-3-8(6-7)21-15(22-27)11-16(24-28-23-11)29-5-4-20-10-9(19)12(25)13(10)26/h1-3,6,14,20,27H,4-5,19H2,(H,21,22). The van der Waals surface area contributed by atoms with Crippen molar-refractivity contribution in [3.63, 3.8) is 0 Å². The summed E-state index contributed by atoms with van der Waals surface area (Å²) in [5.41, 5.74) is 5.87. The number of alkyl halides is 2. The molecule has 1 heterocycles. The number of benzene rings is 1. The number of aliphatic imine (C=N–C) groups is 1. The number of rotatable bonds is 8. The first-order valence-corrected chi connectivity index (χ1v) is 9.06. The van der Waals surface area contributed by atoms with Gasteiger partial charge in [-0.2, -0.15) is 0 Å². The Morgan fingerprint density at radius 3 is 2.79 bits per heavy atom. The first kappa shape index (κ1) is 20.4. The number of hydrogen-bond donors (Lipinski definition) is 4. The largest absolute Gasteiger partial charge is 0.394 e. The van der Waals surface area contributed by atoms with Gasteiger partial charge in [0, 0.05) is 17.9 Å². The summed E-state index contributed by atoms with van der Waals surface area (Å²) in [6, 6.07) is 5.30. The fraction of sp³-hybridized carbons (Fsp3) is 0.188. The van der Waals surface area contributed by atoms with Crippen LogP contribution in [0.1, 0.15) is 17.7 Å². The number of nitrogens with zero attached hydrogens (tertiary/aromatic N) is 3. The molecule has 0 amide bonds. The van der Waals surface area contributed by atoms with Crippen molar-refractivity contribution in [1.29, 1.82) is 0 Å². The second-order valence-electron chi connectivity index (χ2n) is 5.61. The highest BCUT2D eigenvalue weighted by atomic mass is 32.2. The van der Waals surface area contributed by atoms with Crippen LogP contribution in [0.15, 0.2) is 48.5 Å². The Kier molecular flexibility index (Phi) is 6.19. The number of nitrogens with one attached hydrogen (secondary N) is 2. The van der Waals surface area contributed by atoms with Crippen molar-refractivity contribution in [1.82, 2.24) is 15.8 Å². The maximum atomic E-state index is 12.8. The molecule has 3 aromatic rings. The van der Waals surface area contributed by atoms with E-state index in [2.05, 4.69) is 25.3 Å². The van der Waals surface area contributed by atoms with E-state index in [1.165, 1.54) is 24.3 Å². The normalized spacial score (nSPS) is 11.9. The number of anilines is 2. The Hall–Kier alpha value is -3.32. The number of hydrogen-bond acceptors (Lipinski definition) is 10. The first-order valence-electron chi connectivity index (χ1n) is 8.07. The number of nitrogen functional groups attached to an aromatic ring is 1. The molecule has 0 saturated heterocycles. The van der Waals surface area contributed by atoms with E-state index in [1.54, 1.807) is 0 Å². The second kappa shape index (κ2) is 8.79. The molecule has 152 valence electrons. The molecule has 0 spiro atoms. The first-order chi connectivity index (χ1) is 13.9. The average Bonchev–Trinajstić information content (AvgIpc) is 3.19. The fourth-order valence-electron chi connectivity index (χ4n) is 2.32. The summed E-state index contributed by atoms with van der Waals surface area (Å²) in [7, 11) is 0. The summed E-state index contributed by atoms with van der Waals surface area (Å²) in [4.78, 5) is 26.4. The molecule has 0 saturated carbocycles. The lowest BCUT2D eigenvalue weighted by Crippen LogP contribution is -2.37. The van der Waals surface area contributed by atoms with E-state index in [-0.39, 0.29) is 45.7 Å². The third-order valence-corrected chi connectivity index (χ3v) is 4.69. The highest BCUT2D eigenvalue weighted by molar-refractivity contribution is 7.99. The molecule has 0 aliphatic heterocycles. The van der Waals surface area contributed by atoms with Gasteiger partial charge in [-0.05, 0) is 22.4 Å². The molecule has 13 heteroatoms. The SMILES string of the molecule is Nc1c(NCCSc2nonc2C(=Nc2cccc(C(F)F)c2)NO)c(=O)c1=O. The van der Waals surface area contributed by atoms with Crippen LogP contribution in [0.2, 0.25) is 0 Å². The van der Waals surface area contributed by atoms with Gasteiger partial charge in [-0.1, -0.05) is 23.9 Å². The van der Waals surface area contributed by atoms with Gasteiger partial charge in [0.25, 0.3) is 17.3 Å². The molecule has 0 aliphatic carbocycles. The molecule has 3 rings (SSSR count). The molecule has 0 radical (unpaired) electrons. The van der Waals surface area contributed by atoms with Crippen LogP contribution in [0, 0.1) is 0 Å². The maximum Gasteiger partial charge on any atom is 0.263 e. The third-order valence-electron chi connectivity index (χ3n) is 3.74. The summed E-state index contributed by atoms with van der Waals surface area (Å²) in [6.07, 6.45) is -2.66. The van der Waals surface area contributed by atoms with E-state index < -0.39 is 17.3 Å². The van der Waals surface area contributed by atoms with Crippen LogP contribution >= 0.6 is 11.8 Å². The fourth-order valence-corrected chi connectivity index (χ4v) is 3.07. The summed E-state index contributed by atoms with van der Waals surface area (Å²) < 4.78 is 30.3. The Morgan fingerprint density at radius 2 is 2.10 bits per heavy atom. The van der Waals surface area contributed by atoms with Crippen LogP contribution in [0.4, 0.5) is 25.8 Å². The number of nitrogens with two attached hydrogens (primary N) is 1. The van der Waals surface area contributed by atoms with Crippen molar-refractivity contribution in [2.24, 2.45) is 4.99 Å². The molecule has 0 aliphatic rings. The summed E-state index contributed by atoms with van der Waals surface area (Å²) in [5.74, 6) is 0.221. The molecular formula is C16H14F2N6O4S. The monoisotopic (exact) mass is 424 g/mol. The highest BCUT2D eigenvalue weighted by Crippen LogP contribution is 2.25. The van der Waals surface area contributed by atoms with Gasteiger partial charge >= 0.3 is 0 Å². The predicted molar refractivity (Wildman–Crippen MR) is 102 cm³/mol. The lowest BCUT2D eigenvalue weighted by atomic mass is 10.2. The van der Waals surface area contributed by atoms with Crippen molar-refractivity contribution in [3.05, 3.63) is 56.0 Å². The smallest absolute Gasteiger partial charge is 0.263 e. The molecule has 0 bridgehead atoms. The summed E-state index contributed by atoms with van der Waals surface area (Å²) in [6.45, 7) is 0.279. The molecule has 5 N–H and O–H groups in total. The van der Waals surface area contributed by atoms with Crippen molar-refractivity contribution in [2.45, 2.75) is 11.5 Å². The van der Waals surface area contributed by atoms with E-state index in [1.807, 2.05) is 5.48 Å². The van der Waals surface area contributed by atoms with Gasteiger partial charge in [0.1, 0.15) is 11.4 Å². The zero-order chi connectivity index (χ0) is 21.0. The van der Waals surface area contributed by atoms with Crippen LogP contribution in [-0.4, -0.2) is 33.7 Å². The van der Waals surface area contributed by atoms with Gasteiger partial charge < -0.3 is 11.1 Å². The van der Waals surface area contributed by atoms with Gasteiger partial charge in [-0.15, -0.1) is 0 Å². The van der Waals surface area contributed by atoms with E-state index in [9.17, 15) is 23.6 Å². The van der Waals surface area contributed by atoms with Gasteiger partial charge in [-0.3, -0.25) is 20.3 Å². The number of hydroxylamine groups is 1. The average molecular weight is 424 g/mol. The zero-order valence-corrected chi connectivity index (χ0v) is 15.4. The Balaban J connectivity index is 1.68. The predicted octanol–water partition coefficient (Wildman–Crippen LogP) is 1.45. The Morgan fingerprint density at radius 1 is 1.31 bits per heavy atom. The van der Waals surface area contributed by atoms with E-state index in [0.717, 1.165) is 11.8 Å². The van der Waals surface area contributed by atoms with Gasteiger partial charge in [0.05, 0.1) is 5.69 Å². The quantitative estimate of drug-likeness (QED) is 0.104. The van der Waals surface area contributed by atoms with Gasteiger partial charge in [-0.25, -0.2) is 18.4 Å². The Labute approximate surface area is 165 Å². The molecule has 29 heavy (non-hydrogen) atoms. The van der Waals surface area contributed by atoms with Crippen molar-refractivity contribution >= 4 is 34.7 Å². The minimum Gasteiger partial charge on any atom is -0.394 e. The van der Waals surface area contributed by atoms with Crippen molar-refractivity contribution < 1.29 is 18.6 Å². The minimum atomic E-state index is -2.66. The van der Waals surface area contributed by atoms with Crippen molar-refractivity contribution in [3.8, 4) is 0 Å². The molecule has 0 atom stereocenters. The number of thioether (sulfide) groups is 1. The third kappa shape index (κ3) is 4.41. The molecule has 0 fully saturated rings. The van der Waals surface area contributed by atoms with Gasteiger partial charge in [0.15, 0.2) is 16.6 Å². The van der Waals surface area contributed by atoms with Crippen LogP contribution in [0.25, 0.3) is 0 Å². The number of aromatic nitrogens is 2. The molecule has 0 unspecified atom stereocenters. The minimum absolute atomic E-state index is 0.0635. The van der Waals surface area contributed by atoms with Crippen molar-refractivity contribution in [2.75, 3.05) is 23.3 Å². The maximum absolute atomic E-state index is 12.8. The number of halogens is 2. The summed E-state index contributed by atoms with van der Waals surface area (Å²) >= 11 is 1.15. The Bertz CT molecular complexity index is 1110. The van der Waals surface area contributed by atoms with E-state index in [4.69, 9.17) is 5.73 Å². The highest BCUT2D eigenvalue weighted by Gasteiger charge is 2.19. The van der Waals surface area contributed by atoms with Crippen LogP contribution in [-0.2, 0) is 0 Å². The lowest BCUT2D eigenvalue weighted by molar-refractivity contribution is 0.151. The second-order valence-corrected chi connectivity index (χ2v) is 6.69. The molecule has 10 nitrogen and oxygen atoms in total. The molecule has 1 aromatic heterocycles. The van der Waals surface area contributed by atoms with Crippen LogP contribution < -0.4 is 27.4 Å². The molecular weight excluding hydrogens is 410 g/mol. The van der Waals surface area contributed by atoms with Crippen LogP contribution in [0.5, 0.6) is 0 Å². The summed E-state index contributed by atoms with van der Waals surface area (Å²) in [5, 5.41) is 19.8. The van der Waals surface area contributed by atoms with E-state index in [0.29, 0.717) is 5.75 Å². The molecule has 2 aromatic carbocycles. The number of amidine groups is 1. The lowest BCUT2D eigenvalue weighted by Gasteiger charge is -2.09. The topological polar surface area (TPSA) is 156 Å². The van der Waals surface area contributed by atoms with Crippen LogP contribution in [0.3, 0.4) is 0 Å². The van der Waals surface area contributed by atoms with E-state index >= 15 is 0 Å². The zero-order valence-electron chi connectivity index (χ0n) is 14.6. The van der Waals surface area contributed by atoms with Gasteiger partial charge in [0.2, 0.25) is 0 Å².